The SMILES string of the molecule is Cc1c(N2CCc3ncc(-c4cnn(CC5CC5)c4)cc3C2)nn(C(=N)C(F)(F)F)c(=N)c1C. The van der Waals surface area contributed by atoms with Crippen molar-refractivity contribution in [2.24, 2.45) is 5.92 Å². The summed E-state index contributed by atoms with van der Waals surface area (Å²) in [5.41, 5.74) is 4.41. The van der Waals surface area contributed by atoms with Gasteiger partial charge in [-0.3, -0.25) is 20.5 Å². The zero-order chi connectivity index (χ0) is 24.2. The summed E-state index contributed by atoms with van der Waals surface area (Å²) in [6, 6.07) is 2.06. The van der Waals surface area contributed by atoms with Crippen LogP contribution in [0.4, 0.5) is 19.0 Å². The van der Waals surface area contributed by atoms with Gasteiger partial charge in [0.05, 0.1) is 6.20 Å². The molecule has 1 aliphatic carbocycles. The zero-order valence-corrected chi connectivity index (χ0v) is 18.9. The number of halogens is 3. The molecule has 4 heterocycles. The highest BCUT2D eigenvalue weighted by atomic mass is 19.4. The van der Waals surface area contributed by atoms with Crippen molar-refractivity contribution in [3.05, 3.63) is 52.5 Å². The maximum absolute atomic E-state index is 13.2. The Kier molecular flexibility index (Phi) is 5.29. The normalized spacial score (nSPS) is 16.0. The van der Waals surface area contributed by atoms with Crippen molar-refractivity contribution in [2.75, 3.05) is 11.4 Å². The van der Waals surface area contributed by atoms with E-state index < -0.39 is 17.5 Å². The molecule has 0 bridgehead atoms. The van der Waals surface area contributed by atoms with E-state index >= 15 is 0 Å². The summed E-state index contributed by atoms with van der Waals surface area (Å²) >= 11 is 0. The predicted octanol–water partition coefficient (Wildman–Crippen LogP) is 3.60. The second kappa shape index (κ2) is 8.07. The third-order valence-electron chi connectivity index (χ3n) is 6.59. The Labute approximate surface area is 194 Å². The van der Waals surface area contributed by atoms with Gasteiger partial charge in [0.1, 0.15) is 0 Å². The minimum Gasteiger partial charge on any atom is -0.350 e. The van der Waals surface area contributed by atoms with E-state index in [1.165, 1.54) is 12.8 Å². The van der Waals surface area contributed by atoms with Crippen LogP contribution in [0.15, 0.2) is 24.7 Å². The van der Waals surface area contributed by atoms with Crippen molar-refractivity contribution in [3.8, 4) is 11.1 Å². The number of anilines is 1. The Morgan fingerprint density at radius 3 is 2.62 bits per heavy atom. The zero-order valence-electron chi connectivity index (χ0n) is 18.9. The van der Waals surface area contributed by atoms with Gasteiger partial charge in [-0.2, -0.15) is 23.0 Å². The van der Waals surface area contributed by atoms with Crippen molar-refractivity contribution < 1.29 is 13.2 Å². The monoisotopic (exact) mass is 470 g/mol. The fourth-order valence-corrected chi connectivity index (χ4v) is 4.25. The van der Waals surface area contributed by atoms with Gasteiger partial charge in [-0.25, -0.2) is 0 Å². The molecule has 0 spiro atoms. The minimum atomic E-state index is -4.90. The molecular weight excluding hydrogens is 445 g/mol. The van der Waals surface area contributed by atoms with E-state index in [2.05, 4.69) is 21.2 Å². The summed E-state index contributed by atoms with van der Waals surface area (Å²) in [5.74, 6) is -0.610. The van der Waals surface area contributed by atoms with E-state index in [0.29, 0.717) is 41.1 Å². The molecule has 0 saturated heterocycles. The Morgan fingerprint density at radius 2 is 1.91 bits per heavy atom. The van der Waals surface area contributed by atoms with Crippen LogP contribution in [0.1, 0.15) is 35.2 Å². The van der Waals surface area contributed by atoms with Gasteiger partial charge in [0, 0.05) is 60.8 Å². The van der Waals surface area contributed by atoms with Crippen molar-refractivity contribution in [1.82, 2.24) is 24.5 Å². The van der Waals surface area contributed by atoms with Crippen molar-refractivity contribution in [3.63, 3.8) is 0 Å². The summed E-state index contributed by atoms with van der Waals surface area (Å²) in [6.07, 6.45) is 3.92. The summed E-state index contributed by atoms with van der Waals surface area (Å²) in [5, 5.41) is 24.1. The van der Waals surface area contributed by atoms with Gasteiger partial charge in [-0.1, -0.05) is 0 Å². The number of aromatic nitrogens is 5. The van der Waals surface area contributed by atoms with Gasteiger partial charge in [-0.05, 0) is 49.8 Å². The molecule has 1 saturated carbocycles. The minimum absolute atomic E-state index is 0.343. The second-order valence-electron chi connectivity index (χ2n) is 9.08. The van der Waals surface area contributed by atoms with Crippen LogP contribution in [-0.2, 0) is 19.5 Å². The molecule has 0 aromatic carbocycles. The fourth-order valence-electron chi connectivity index (χ4n) is 4.25. The largest absolute Gasteiger partial charge is 0.451 e. The van der Waals surface area contributed by atoms with Crippen molar-refractivity contribution in [1.29, 1.82) is 10.8 Å². The summed E-state index contributed by atoms with van der Waals surface area (Å²) < 4.78 is 41.9. The van der Waals surface area contributed by atoms with Gasteiger partial charge in [0.25, 0.3) is 0 Å². The number of rotatable bonds is 4. The van der Waals surface area contributed by atoms with E-state index in [1.54, 1.807) is 13.8 Å². The van der Waals surface area contributed by atoms with Crippen LogP contribution in [0.25, 0.3) is 11.1 Å². The molecule has 2 N–H and O–H groups in total. The molecule has 0 unspecified atom stereocenters. The Balaban J connectivity index is 1.46. The third-order valence-corrected chi connectivity index (χ3v) is 6.59. The van der Waals surface area contributed by atoms with Crippen LogP contribution in [-0.4, -0.2) is 43.1 Å². The standard InChI is InChI=1S/C23H25F3N8/c1-13-14(2)21(31-34(20(13)27)22(28)23(24,25)26)32-6-5-19-17(11-32)7-16(8-29-19)18-9-30-33(12-18)10-15-3-4-15/h7-9,12,15,27-28H,3-6,10-11H2,1-2H3. The van der Waals surface area contributed by atoms with E-state index in [0.717, 1.165) is 34.8 Å². The average Bonchev–Trinajstić information content (AvgIpc) is 3.50. The highest BCUT2D eigenvalue weighted by Crippen LogP contribution is 2.32. The molecule has 8 nitrogen and oxygen atoms in total. The molecule has 2 aliphatic rings. The quantitative estimate of drug-likeness (QED) is 0.450. The van der Waals surface area contributed by atoms with E-state index in [9.17, 15) is 13.2 Å². The number of hydrogen-bond donors (Lipinski definition) is 2. The molecular formula is C23H25F3N8. The van der Waals surface area contributed by atoms with Crippen LogP contribution >= 0.6 is 0 Å². The molecule has 0 amide bonds. The van der Waals surface area contributed by atoms with E-state index in [1.807, 2.05) is 28.2 Å². The first-order chi connectivity index (χ1) is 16.1. The third kappa shape index (κ3) is 4.10. The first-order valence-electron chi connectivity index (χ1n) is 11.2. The Hall–Kier alpha value is -3.50. The van der Waals surface area contributed by atoms with Crippen LogP contribution in [0, 0.1) is 30.6 Å². The number of pyridine rings is 1. The van der Waals surface area contributed by atoms with Crippen LogP contribution in [0.2, 0.25) is 0 Å². The van der Waals surface area contributed by atoms with Crippen LogP contribution in [0.5, 0.6) is 0 Å². The smallest absolute Gasteiger partial charge is 0.350 e. The average molecular weight is 471 g/mol. The number of fused-ring (bicyclic) bond motifs is 1. The molecule has 178 valence electrons. The first-order valence-corrected chi connectivity index (χ1v) is 11.2. The Morgan fingerprint density at radius 1 is 1.15 bits per heavy atom. The van der Waals surface area contributed by atoms with Gasteiger partial charge < -0.3 is 4.90 Å². The predicted molar refractivity (Wildman–Crippen MR) is 120 cm³/mol. The van der Waals surface area contributed by atoms with Gasteiger partial charge in [0.2, 0.25) is 5.84 Å². The van der Waals surface area contributed by atoms with Crippen molar-refractivity contribution in [2.45, 2.75) is 52.4 Å². The number of nitrogens with zero attached hydrogens (tertiary/aromatic N) is 6. The number of alkyl halides is 3. The number of nitrogens with one attached hydrogen (secondary N) is 2. The summed E-state index contributed by atoms with van der Waals surface area (Å²) in [7, 11) is 0. The fraction of sp³-hybridized carbons (Fsp3) is 0.435. The maximum Gasteiger partial charge on any atom is 0.451 e. The summed E-state index contributed by atoms with van der Waals surface area (Å²) in [6.45, 7) is 5.21. The van der Waals surface area contributed by atoms with E-state index in [-0.39, 0.29) is 0 Å². The van der Waals surface area contributed by atoms with Crippen LogP contribution < -0.4 is 10.4 Å². The van der Waals surface area contributed by atoms with Crippen molar-refractivity contribution >= 4 is 11.7 Å². The lowest BCUT2D eigenvalue weighted by molar-refractivity contribution is -0.0632. The van der Waals surface area contributed by atoms with Gasteiger partial charge in [-0.15, -0.1) is 5.10 Å². The number of hydrogen-bond acceptors (Lipinski definition) is 6. The molecule has 34 heavy (non-hydrogen) atoms. The molecule has 1 fully saturated rings. The second-order valence-corrected chi connectivity index (χ2v) is 9.08. The van der Waals surface area contributed by atoms with Gasteiger partial charge >= 0.3 is 6.18 Å². The molecule has 11 heteroatoms. The Bertz CT molecular complexity index is 1330. The maximum atomic E-state index is 13.2. The van der Waals surface area contributed by atoms with E-state index in [4.69, 9.17) is 10.8 Å². The summed E-state index contributed by atoms with van der Waals surface area (Å²) in [4.78, 5) is 6.53. The molecule has 3 aromatic heterocycles. The van der Waals surface area contributed by atoms with Crippen LogP contribution in [0.3, 0.4) is 0 Å². The molecule has 1 aliphatic heterocycles. The molecule has 0 radical (unpaired) electrons. The first kappa shape index (κ1) is 22.3. The highest BCUT2D eigenvalue weighted by molar-refractivity contribution is 5.86. The topological polar surface area (TPSA) is 99.5 Å². The highest BCUT2D eigenvalue weighted by Gasteiger charge is 2.38. The lowest BCUT2D eigenvalue weighted by Crippen LogP contribution is -2.42. The lowest BCUT2D eigenvalue weighted by atomic mass is 10.0. The lowest BCUT2D eigenvalue weighted by Gasteiger charge is -2.31. The van der Waals surface area contributed by atoms with Gasteiger partial charge in [0.15, 0.2) is 11.3 Å². The molecule has 3 aromatic rings. The molecule has 0 atom stereocenters. The molecule has 5 rings (SSSR count).